The van der Waals surface area contributed by atoms with Crippen molar-refractivity contribution in [1.29, 1.82) is 0 Å². The molecule has 0 saturated heterocycles. The summed E-state index contributed by atoms with van der Waals surface area (Å²) >= 11 is 0. The summed E-state index contributed by atoms with van der Waals surface area (Å²) in [7, 11) is 5.50. The lowest BCUT2D eigenvalue weighted by Gasteiger charge is -2.12. The number of carbonyl (C=O) groups is 2. The lowest BCUT2D eigenvalue weighted by molar-refractivity contribution is -0.111. The van der Waals surface area contributed by atoms with Crippen LogP contribution in [0.3, 0.4) is 0 Å². The summed E-state index contributed by atoms with van der Waals surface area (Å²) in [4.78, 5) is 36.4. The second-order valence-electron chi connectivity index (χ2n) is 10.2. The van der Waals surface area contributed by atoms with Crippen LogP contribution in [0.4, 0.5) is 23.0 Å². The van der Waals surface area contributed by atoms with Gasteiger partial charge in [0.15, 0.2) is 0 Å². The van der Waals surface area contributed by atoms with Crippen molar-refractivity contribution in [1.82, 2.24) is 19.4 Å². The third kappa shape index (κ3) is 7.06. The molecule has 0 fully saturated rings. The van der Waals surface area contributed by atoms with Gasteiger partial charge in [0, 0.05) is 58.6 Å². The first kappa shape index (κ1) is 29.0. The van der Waals surface area contributed by atoms with Gasteiger partial charge in [-0.2, -0.15) is 4.98 Å². The fraction of sp³-hybridized carbons (Fsp3) is 0.152. The van der Waals surface area contributed by atoms with Gasteiger partial charge in [0.2, 0.25) is 11.9 Å². The number of ether oxygens (including phenoxy) is 1. The van der Waals surface area contributed by atoms with Crippen LogP contribution in [-0.2, 0) is 4.79 Å². The standard InChI is InChI=1S/C33H33N7O3/c1-22-21-34-33(38-31(22)40-18-16-27-28(40)13-7-14-29(27)43-4)37-26-12-6-11-25(20-26)36-32(42)23-9-5-10-24(19-23)35-30(41)15-8-17-39(2)3/h5-16,18-21H,17H2,1-4H3,(H,35,41)(H,36,42)(H,34,37,38). The third-order valence-electron chi connectivity index (χ3n) is 6.59. The number of hydrogen-bond acceptors (Lipinski definition) is 7. The molecule has 0 atom stereocenters. The number of anilines is 4. The number of aryl methyl sites for hydroxylation is 1. The predicted molar refractivity (Wildman–Crippen MR) is 171 cm³/mol. The Morgan fingerprint density at radius 1 is 0.953 bits per heavy atom. The smallest absolute Gasteiger partial charge is 0.255 e. The highest BCUT2D eigenvalue weighted by Gasteiger charge is 2.13. The van der Waals surface area contributed by atoms with Crippen molar-refractivity contribution in [3.05, 3.63) is 108 Å². The van der Waals surface area contributed by atoms with Gasteiger partial charge in [0.1, 0.15) is 11.6 Å². The molecule has 3 aromatic carbocycles. The molecule has 2 aromatic heterocycles. The van der Waals surface area contributed by atoms with Gasteiger partial charge in [-0.25, -0.2) is 4.98 Å². The topological polar surface area (TPSA) is 113 Å². The highest BCUT2D eigenvalue weighted by atomic mass is 16.5. The van der Waals surface area contributed by atoms with Crippen molar-refractivity contribution in [2.24, 2.45) is 0 Å². The molecule has 0 radical (unpaired) electrons. The number of nitrogens with one attached hydrogen (secondary N) is 3. The van der Waals surface area contributed by atoms with E-state index in [1.54, 1.807) is 55.8 Å². The van der Waals surface area contributed by atoms with Crippen LogP contribution in [-0.4, -0.2) is 59.0 Å². The van der Waals surface area contributed by atoms with Crippen molar-refractivity contribution in [2.45, 2.75) is 6.92 Å². The summed E-state index contributed by atoms with van der Waals surface area (Å²) in [6, 6.07) is 22.0. The minimum absolute atomic E-state index is 0.260. The van der Waals surface area contributed by atoms with Gasteiger partial charge in [0.25, 0.3) is 5.91 Å². The van der Waals surface area contributed by atoms with E-state index in [0.29, 0.717) is 35.1 Å². The van der Waals surface area contributed by atoms with Crippen LogP contribution in [0.25, 0.3) is 16.7 Å². The van der Waals surface area contributed by atoms with E-state index >= 15 is 0 Å². The van der Waals surface area contributed by atoms with Gasteiger partial charge in [0.05, 0.1) is 12.6 Å². The largest absolute Gasteiger partial charge is 0.496 e. The Balaban J connectivity index is 1.29. The van der Waals surface area contributed by atoms with Crippen LogP contribution in [0.1, 0.15) is 15.9 Å². The maximum atomic E-state index is 13.0. The minimum Gasteiger partial charge on any atom is -0.496 e. The summed E-state index contributed by atoms with van der Waals surface area (Å²) < 4.78 is 7.52. The average molecular weight is 576 g/mol. The molecule has 0 unspecified atom stereocenters. The summed E-state index contributed by atoms with van der Waals surface area (Å²) in [6.45, 7) is 2.62. The summed E-state index contributed by atoms with van der Waals surface area (Å²) in [5, 5.41) is 9.94. The molecule has 0 aliphatic rings. The molecule has 5 aromatic rings. The Kier molecular flexibility index (Phi) is 8.78. The normalized spacial score (nSPS) is 11.2. The van der Waals surface area contributed by atoms with Crippen LogP contribution in [0, 0.1) is 6.92 Å². The Morgan fingerprint density at radius 2 is 1.70 bits per heavy atom. The quantitative estimate of drug-likeness (QED) is 0.181. The molecule has 0 bridgehead atoms. The molecule has 10 nitrogen and oxygen atoms in total. The number of amides is 2. The lowest BCUT2D eigenvalue weighted by Crippen LogP contribution is -2.14. The second-order valence-corrected chi connectivity index (χ2v) is 10.2. The summed E-state index contributed by atoms with van der Waals surface area (Å²) in [5.74, 6) is 1.39. The molecule has 0 aliphatic carbocycles. The molecule has 10 heteroatoms. The van der Waals surface area contributed by atoms with Gasteiger partial charge < -0.3 is 30.2 Å². The first-order valence-electron chi connectivity index (χ1n) is 13.7. The van der Waals surface area contributed by atoms with E-state index < -0.39 is 0 Å². The number of carbonyl (C=O) groups excluding carboxylic acids is 2. The van der Waals surface area contributed by atoms with Crippen molar-refractivity contribution >= 4 is 45.7 Å². The summed E-state index contributed by atoms with van der Waals surface area (Å²) in [6.07, 6.45) is 6.98. The molecule has 43 heavy (non-hydrogen) atoms. The summed E-state index contributed by atoms with van der Waals surface area (Å²) in [5.41, 5.74) is 4.12. The fourth-order valence-corrected chi connectivity index (χ4v) is 4.54. The van der Waals surface area contributed by atoms with Crippen LogP contribution >= 0.6 is 0 Å². The number of fused-ring (bicyclic) bond motifs is 1. The molecular weight excluding hydrogens is 542 g/mol. The number of likely N-dealkylation sites (N-methyl/N-ethyl adjacent to an activating group) is 1. The van der Waals surface area contributed by atoms with Gasteiger partial charge in [-0.1, -0.05) is 24.3 Å². The maximum absolute atomic E-state index is 13.0. The van der Waals surface area contributed by atoms with E-state index in [9.17, 15) is 9.59 Å². The fourth-order valence-electron chi connectivity index (χ4n) is 4.54. The van der Waals surface area contributed by atoms with Crippen molar-refractivity contribution in [2.75, 3.05) is 43.7 Å². The van der Waals surface area contributed by atoms with E-state index in [1.807, 2.05) is 73.1 Å². The molecule has 3 N–H and O–H groups in total. The molecule has 5 rings (SSSR count). The highest BCUT2D eigenvalue weighted by Crippen LogP contribution is 2.29. The molecule has 0 spiro atoms. The first-order valence-corrected chi connectivity index (χ1v) is 13.7. The van der Waals surface area contributed by atoms with E-state index in [2.05, 4.69) is 20.9 Å². The number of hydrogen-bond donors (Lipinski definition) is 3. The number of nitrogens with zero attached hydrogens (tertiary/aromatic N) is 4. The number of rotatable bonds is 10. The molecule has 218 valence electrons. The zero-order valence-electron chi connectivity index (χ0n) is 24.5. The van der Waals surface area contributed by atoms with Gasteiger partial charge in [-0.3, -0.25) is 9.59 Å². The van der Waals surface area contributed by atoms with E-state index in [0.717, 1.165) is 28.0 Å². The van der Waals surface area contributed by atoms with Crippen LogP contribution < -0.4 is 20.7 Å². The highest BCUT2D eigenvalue weighted by molar-refractivity contribution is 6.06. The van der Waals surface area contributed by atoms with Crippen molar-refractivity contribution < 1.29 is 14.3 Å². The minimum atomic E-state index is -0.305. The Morgan fingerprint density at radius 3 is 2.49 bits per heavy atom. The molecular formula is C33H33N7O3. The number of benzene rings is 3. The van der Waals surface area contributed by atoms with Gasteiger partial charge in [-0.05, 0) is 75.6 Å². The molecule has 0 aliphatic heterocycles. The number of aromatic nitrogens is 3. The molecule has 2 heterocycles. The van der Waals surface area contributed by atoms with E-state index in [-0.39, 0.29) is 11.8 Å². The Hall–Kier alpha value is -5.48. The molecule has 2 amide bonds. The lowest BCUT2D eigenvalue weighted by atomic mass is 10.1. The van der Waals surface area contributed by atoms with Crippen molar-refractivity contribution in [3.8, 4) is 11.6 Å². The zero-order chi connectivity index (χ0) is 30.3. The van der Waals surface area contributed by atoms with Crippen LogP contribution in [0.5, 0.6) is 5.75 Å². The van der Waals surface area contributed by atoms with E-state index in [1.165, 1.54) is 6.08 Å². The Bertz CT molecular complexity index is 1810. The average Bonchev–Trinajstić information content (AvgIpc) is 3.42. The Labute approximate surface area is 250 Å². The zero-order valence-corrected chi connectivity index (χ0v) is 24.5. The van der Waals surface area contributed by atoms with Gasteiger partial charge in [-0.15, -0.1) is 0 Å². The van der Waals surface area contributed by atoms with Crippen molar-refractivity contribution in [3.63, 3.8) is 0 Å². The third-order valence-corrected chi connectivity index (χ3v) is 6.59. The van der Waals surface area contributed by atoms with Crippen LogP contribution in [0.2, 0.25) is 0 Å². The second kappa shape index (κ2) is 13.0. The first-order chi connectivity index (χ1) is 20.8. The predicted octanol–water partition coefficient (Wildman–Crippen LogP) is 5.79. The molecule has 0 saturated carbocycles. The van der Waals surface area contributed by atoms with E-state index in [4.69, 9.17) is 9.72 Å². The maximum Gasteiger partial charge on any atom is 0.255 e. The van der Waals surface area contributed by atoms with Crippen LogP contribution in [0.15, 0.2) is 97.3 Å². The SMILES string of the molecule is COc1cccc2c1ccn2-c1nc(Nc2cccc(NC(=O)c3cccc(NC(=O)C=CCN(C)C)c3)c2)ncc1C. The van der Waals surface area contributed by atoms with Gasteiger partial charge >= 0.3 is 0 Å². The monoisotopic (exact) mass is 575 g/mol. The number of methoxy groups -OCH3 is 1.